The maximum Gasteiger partial charge on any atom is 0.257 e. The van der Waals surface area contributed by atoms with Crippen molar-refractivity contribution < 1.29 is 19.7 Å². The summed E-state index contributed by atoms with van der Waals surface area (Å²) in [6.07, 6.45) is 3.29. The van der Waals surface area contributed by atoms with Gasteiger partial charge >= 0.3 is 0 Å². The van der Waals surface area contributed by atoms with Gasteiger partial charge in [-0.25, -0.2) is 9.97 Å². The van der Waals surface area contributed by atoms with Crippen LogP contribution in [0.2, 0.25) is 0 Å². The van der Waals surface area contributed by atoms with E-state index in [9.17, 15) is 15.0 Å². The van der Waals surface area contributed by atoms with Crippen LogP contribution in [0.3, 0.4) is 0 Å². The predicted molar refractivity (Wildman–Crippen MR) is 124 cm³/mol. The molecule has 10 heteroatoms. The Hall–Kier alpha value is -4.18. The Kier molecular flexibility index (Phi) is 5.27. The van der Waals surface area contributed by atoms with Gasteiger partial charge in [-0.05, 0) is 48.7 Å². The third kappa shape index (κ3) is 3.92. The van der Waals surface area contributed by atoms with Crippen LogP contribution in [-0.4, -0.2) is 56.2 Å². The lowest BCUT2D eigenvalue weighted by molar-refractivity contribution is 0.0859. The third-order valence-electron chi connectivity index (χ3n) is 5.54. The normalized spacial score (nSPS) is 16.2. The van der Waals surface area contributed by atoms with E-state index >= 15 is 0 Å². The van der Waals surface area contributed by atoms with Crippen molar-refractivity contribution in [1.29, 1.82) is 0 Å². The minimum atomic E-state index is -0.381. The topological polar surface area (TPSA) is 148 Å². The van der Waals surface area contributed by atoms with Crippen LogP contribution in [0, 0.1) is 0 Å². The Balaban J connectivity index is 1.59. The van der Waals surface area contributed by atoms with Crippen molar-refractivity contribution >= 4 is 40.1 Å². The molecule has 168 valence electrons. The van der Waals surface area contributed by atoms with E-state index in [1.807, 2.05) is 24.3 Å². The average molecular weight is 446 g/mol. The molecule has 2 aromatic carbocycles. The van der Waals surface area contributed by atoms with Gasteiger partial charge in [0.25, 0.3) is 5.91 Å². The molecule has 1 fully saturated rings. The standard InChI is InChI=1S/C23H22N6O4/c24-21-19(23(32)25-12-14-4-3-9-33-14)20-22(28-16-6-2-1-5-15(16)27-20)29(21)26-11-13-7-8-17(30)18(31)10-13/h1-2,5-8,10-11,14,30-31H,3-4,9,12,24H2,(H,25,32). The number of anilines is 1. The maximum absolute atomic E-state index is 13.1. The van der Waals surface area contributed by atoms with E-state index in [0.29, 0.717) is 40.9 Å². The molecule has 4 aromatic rings. The number of amides is 1. The lowest BCUT2D eigenvalue weighted by Crippen LogP contribution is -2.32. The number of nitrogens with one attached hydrogen (secondary N) is 1. The summed E-state index contributed by atoms with van der Waals surface area (Å²) in [5.41, 5.74) is 9.00. The van der Waals surface area contributed by atoms with Gasteiger partial charge < -0.3 is 26.0 Å². The zero-order chi connectivity index (χ0) is 22.9. The van der Waals surface area contributed by atoms with Crippen LogP contribution in [0.5, 0.6) is 11.5 Å². The summed E-state index contributed by atoms with van der Waals surface area (Å²) in [6.45, 7) is 1.07. The van der Waals surface area contributed by atoms with Crippen molar-refractivity contribution in [2.75, 3.05) is 18.9 Å². The second-order valence-corrected chi connectivity index (χ2v) is 7.79. The van der Waals surface area contributed by atoms with Crippen molar-refractivity contribution in [3.63, 3.8) is 0 Å². The van der Waals surface area contributed by atoms with Crippen molar-refractivity contribution in [1.82, 2.24) is 20.0 Å². The largest absolute Gasteiger partial charge is 0.504 e. The summed E-state index contributed by atoms with van der Waals surface area (Å²) in [5.74, 6) is -0.803. The van der Waals surface area contributed by atoms with Gasteiger partial charge in [-0.3, -0.25) is 4.79 Å². The zero-order valence-corrected chi connectivity index (χ0v) is 17.6. The highest BCUT2D eigenvalue weighted by Gasteiger charge is 2.25. The summed E-state index contributed by atoms with van der Waals surface area (Å²) in [7, 11) is 0. The number of aromatic nitrogens is 3. The number of hydrogen-bond acceptors (Lipinski definition) is 8. The fourth-order valence-corrected chi connectivity index (χ4v) is 3.83. The molecular weight excluding hydrogens is 424 g/mol. The van der Waals surface area contributed by atoms with Gasteiger partial charge in [0.15, 0.2) is 17.1 Å². The van der Waals surface area contributed by atoms with Crippen molar-refractivity contribution in [3.8, 4) is 11.5 Å². The minimum Gasteiger partial charge on any atom is -0.504 e. The van der Waals surface area contributed by atoms with E-state index in [0.717, 1.165) is 12.8 Å². The van der Waals surface area contributed by atoms with E-state index in [2.05, 4.69) is 20.4 Å². The van der Waals surface area contributed by atoms with Crippen LogP contribution in [0.4, 0.5) is 5.82 Å². The first kappa shape index (κ1) is 20.7. The number of phenolic OH excluding ortho intramolecular Hbond substituents is 2. The molecule has 1 saturated heterocycles. The Labute approximate surface area is 188 Å². The Bertz CT molecular complexity index is 1390. The fraction of sp³-hybridized carbons (Fsp3) is 0.217. The summed E-state index contributed by atoms with van der Waals surface area (Å²) in [4.78, 5) is 22.4. The van der Waals surface area contributed by atoms with Crippen LogP contribution in [0.25, 0.3) is 22.2 Å². The number of fused-ring (bicyclic) bond motifs is 2. The molecule has 5 rings (SSSR count). The molecule has 5 N–H and O–H groups in total. The van der Waals surface area contributed by atoms with Gasteiger partial charge in [-0.15, -0.1) is 0 Å². The van der Waals surface area contributed by atoms with E-state index in [1.165, 1.54) is 23.0 Å². The first-order chi connectivity index (χ1) is 16.0. The lowest BCUT2D eigenvalue weighted by atomic mass is 10.2. The second kappa shape index (κ2) is 8.40. The highest BCUT2D eigenvalue weighted by atomic mass is 16.5. The molecule has 10 nitrogen and oxygen atoms in total. The zero-order valence-electron chi connectivity index (χ0n) is 17.6. The summed E-state index contributed by atoms with van der Waals surface area (Å²) in [6, 6.07) is 11.6. The summed E-state index contributed by atoms with van der Waals surface area (Å²) < 4.78 is 6.93. The Morgan fingerprint density at radius 3 is 2.73 bits per heavy atom. The monoisotopic (exact) mass is 446 g/mol. The highest BCUT2D eigenvalue weighted by molar-refractivity contribution is 6.10. The third-order valence-corrected chi connectivity index (χ3v) is 5.54. The molecule has 1 amide bonds. The van der Waals surface area contributed by atoms with E-state index in [4.69, 9.17) is 10.5 Å². The number of ether oxygens (including phenoxy) is 1. The molecule has 1 aliphatic rings. The van der Waals surface area contributed by atoms with Crippen molar-refractivity contribution in [3.05, 3.63) is 53.6 Å². The molecule has 1 atom stereocenters. The average Bonchev–Trinajstić information content (AvgIpc) is 3.42. The van der Waals surface area contributed by atoms with Gasteiger partial charge in [0.05, 0.1) is 23.4 Å². The van der Waals surface area contributed by atoms with Crippen molar-refractivity contribution in [2.24, 2.45) is 5.10 Å². The number of para-hydroxylation sites is 2. The Morgan fingerprint density at radius 1 is 1.21 bits per heavy atom. The number of nitrogen functional groups attached to an aromatic ring is 1. The molecule has 0 spiro atoms. The number of carbonyl (C=O) groups is 1. The molecular formula is C23H22N6O4. The number of rotatable bonds is 5. The molecule has 2 aromatic heterocycles. The van der Waals surface area contributed by atoms with Crippen LogP contribution in [-0.2, 0) is 4.74 Å². The maximum atomic E-state index is 13.1. The smallest absolute Gasteiger partial charge is 0.257 e. The van der Waals surface area contributed by atoms with E-state index in [-0.39, 0.29) is 34.9 Å². The second-order valence-electron chi connectivity index (χ2n) is 7.79. The highest BCUT2D eigenvalue weighted by Crippen LogP contribution is 2.28. The Morgan fingerprint density at radius 2 is 2.00 bits per heavy atom. The SMILES string of the molecule is Nc1c(C(=O)NCC2CCCO2)c2nc3ccccc3nc2n1N=Cc1ccc(O)c(O)c1. The number of phenols is 2. The molecule has 33 heavy (non-hydrogen) atoms. The summed E-state index contributed by atoms with van der Waals surface area (Å²) in [5, 5.41) is 26.5. The lowest BCUT2D eigenvalue weighted by Gasteiger charge is -2.10. The van der Waals surface area contributed by atoms with Crippen LogP contribution < -0.4 is 11.1 Å². The van der Waals surface area contributed by atoms with E-state index < -0.39 is 0 Å². The number of carbonyl (C=O) groups excluding carboxylic acids is 1. The number of nitrogens with two attached hydrogens (primary N) is 1. The molecule has 0 radical (unpaired) electrons. The molecule has 1 aliphatic heterocycles. The van der Waals surface area contributed by atoms with Crippen molar-refractivity contribution in [2.45, 2.75) is 18.9 Å². The fourth-order valence-electron chi connectivity index (χ4n) is 3.83. The number of nitrogens with zero attached hydrogens (tertiary/aromatic N) is 4. The van der Waals surface area contributed by atoms with Gasteiger partial charge in [0.2, 0.25) is 0 Å². The minimum absolute atomic E-state index is 0.0179. The van der Waals surface area contributed by atoms with Gasteiger partial charge in [0.1, 0.15) is 16.9 Å². The van der Waals surface area contributed by atoms with Crippen LogP contribution >= 0.6 is 0 Å². The van der Waals surface area contributed by atoms with Gasteiger partial charge in [-0.2, -0.15) is 9.78 Å². The molecule has 0 saturated carbocycles. The molecule has 0 bridgehead atoms. The van der Waals surface area contributed by atoms with E-state index in [1.54, 1.807) is 6.07 Å². The molecule has 0 aliphatic carbocycles. The quantitative estimate of drug-likeness (QED) is 0.272. The number of hydrogen-bond donors (Lipinski definition) is 4. The summed E-state index contributed by atoms with van der Waals surface area (Å²) >= 11 is 0. The van der Waals surface area contributed by atoms with Gasteiger partial charge in [0, 0.05) is 13.2 Å². The predicted octanol–water partition coefficient (Wildman–Crippen LogP) is 2.37. The van der Waals surface area contributed by atoms with Crippen LogP contribution in [0.1, 0.15) is 28.8 Å². The number of benzene rings is 2. The molecule has 3 heterocycles. The molecule has 1 unspecified atom stereocenters. The number of aromatic hydroxyl groups is 2. The first-order valence-electron chi connectivity index (χ1n) is 10.5. The first-order valence-corrected chi connectivity index (χ1v) is 10.5. The van der Waals surface area contributed by atoms with Gasteiger partial charge in [-0.1, -0.05) is 12.1 Å². The van der Waals surface area contributed by atoms with Crippen LogP contribution in [0.15, 0.2) is 47.6 Å².